The lowest BCUT2D eigenvalue weighted by molar-refractivity contribution is -0.142. The Kier molecular flexibility index (Phi) is 4.27. The maximum Gasteiger partial charge on any atom is 0.319 e. The van der Waals surface area contributed by atoms with E-state index in [0.29, 0.717) is 12.5 Å². The molecule has 1 aliphatic carbocycles. The van der Waals surface area contributed by atoms with Crippen molar-refractivity contribution in [2.45, 2.75) is 56.5 Å². The van der Waals surface area contributed by atoms with E-state index in [2.05, 4.69) is 21.7 Å². The fourth-order valence-electron chi connectivity index (χ4n) is 1.79. The Morgan fingerprint density at radius 1 is 1.50 bits per heavy atom. The monoisotopic (exact) mass is 269 g/mol. The van der Waals surface area contributed by atoms with Crippen molar-refractivity contribution in [2.24, 2.45) is 0 Å². The largest absolute Gasteiger partial charge is 0.465 e. The highest BCUT2D eigenvalue weighted by Gasteiger charge is 2.30. The molecule has 1 aromatic rings. The van der Waals surface area contributed by atoms with Gasteiger partial charge in [-0.05, 0) is 33.6 Å². The molecule has 6 heteroatoms. The van der Waals surface area contributed by atoms with Crippen LogP contribution in [0.3, 0.4) is 0 Å². The van der Waals surface area contributed by atoms with Crippen molar-refractivity contribution < 1.29 is 9.53 Å². The minimum atomic E-state index is -0.244. The number of carbonyl (C=O) groups is 1. The van der Waals surface area contributed by atoms with Crippen molar-refractivity contribution in [2.75, 3.05) is 6.61 Å². The van der Waals surface area contributed by atoms with Crippen LogP contribution >= 0.6 is 11.8 Å². The second-order valence-electron chi connectivity index (χ2n) is 4.37. The quantitative estimate of drug-likeness (QED) is 0.585. The smallest absolute Gasteiger partial charge is 0.319 e. The van der Waals surface area contributed by atoms with Gasteiger partial charge >= 0.3 is 5.97 Å². The van der Waals surface area contributed by atoms with Gasteiger partial charge in [-0.2, -0.15) is 0 Å². The number of hydrogen-bond donors (Lipinski definition) is 0. The lowest BCUT2D eigenvalue weighted by atomic mass is 10.4. The third-order valence-corrected chi connectivity index (χ3v) is 3.96. The molecular weight excluding hydrogens is 250 g/mol. The van der Waals surface area contributed by atoms with Crippen molar-refractivity contribution >= 4 is 17.7 Å². The Bertz CT molecular complexity index is 429. The first kappa shape index (κ1) is 13.4. The maximum atomic E-state index is 11.6. The fourth-order valence-corrected chi connectivity index (χ4v) is 2.71. The van der Waals surface area contributed by atoms with Crippen LogP contribution in [0.4, 0.5) is 0 Å². The van der Waals surface area contributed by atoms with Gasteiger partial charge in [0.25, 0.3) is 0 Å². The molecular formula is C12H19N3O2S. The van der Waals surface area contributed by atoms with Crippen LogP contribution in [0.15, 0.2) is 5.16 Å². The van der Waals surface area contributed by atoms with E-state index in [1.54, 1.807) is 0 Å². The molecule has 0 N–H and O–H groups in total. The van der Waals surface area contributed by atoms with Gasteiger partial charge in [-0.1, -0.05) is 11.8 Å². The number of thioether (sulfide) groups is 1. The molecule has 2 rings (SSSR count). The van der Waals surface area contributed by atoms with Crippen LogP contribution in [-0.2, 0) is 16.1 Å². The molecule has 0 spiro atoms. The van der Waals surface area contributed by atoms with Crippen molar-refractivity contribution in [3.05, 3.63) is 5.82 Å². The van der Waals surface area contributed by atoms with Gasteiger partial charge in [0.05, 0.1) is 6.61 Å². The maximum absolute atomic E-state index is 11.6. The topological polar surface area (TPSA) is 57.0 Å². The van der Waals surface area contributed by atoms with Crippen LogP contribution in [0.25, 0.3) is 0 Å². The summed E-state index contributed by atoms with van der Waals surface area (Å²) in [5.41, 5.74) is 0. The van der Waals surface area contributed by atoms with Crippen molar-refractivity contribution in [3.63, 3.8) is 0 Å². The fraction of sp³-hybridized carbons (Fsp3) is 0.750. The Morgan fingerprint density at radius 3 is 2.78 bits per heavy atom. The number of carbonyl (C=O) groups excluding carboxylic acids is 1. The summed E-state index contributed by atoms with van der Waals surface area (Å²) in [4.78, 5) is 11.6. The zero-order valence-corrected chi connectivity index (χ0v) is 11.9. The van der Waals surface area contributed by atoms with Crippen LogP contribution in [0, 0.1) is 0 Å². The highest BCUT2D eigenvalue weighted by molar-refractivity contribution is 8.00. The normalized spacial score (nSPS) is 16.6. The van der Waals surface area contributed by atoms with E-state index in [4.69, 9.17) is 4.74 Å². The Morgan fingerprint density at radius 2 is 2.22 bits per heavy atom. The van der Waals surface area contributed by atoms with E-state index in [1.165, 1.54) is 24.6 Å². The van der Waals surface area contributed by atoms with Crippen LogP contribution in [0.2, 0.25) is 0 Å². The van der Waals surface area contributed by atoms with Gasteiger partial charge in [-0.3, -0.25) is 4.79 Å². The molecule has 100 valence electrons. The number of nitrogens with zero attached hydrogens (tertiary/aromatic N) is 3. The molecule has 1 fully saturated rings. The van der Waals surface area contributed by atoms with Crippen LogP contribution in [0.5, 0.6) is 0 Å². The Balaban J connectivity index is 2.06. The number of rotatable bonds is 6. The van der Waals surface area contributed by atoms with Crippen molar-refractivity contribution in [1.82, 2.24) is 14.8 Å². The average Bonchev–Trinajstić information content (AvgIpc) is 3.12. The minimum absolute atomic E-state index is 0.193. The summed E-state index contributed by atoms with van der Waals surface area (Å²) < 4.78 is 7.11. The zero-order valence-electron chi connectivity index (χ0n) is 11.0. The van der Waals surface area contributed by atoms with Gasteiger partial charge in [-0.25, -0.2) is 0 Å². The van der Waals surface area contributed by atoms with E-state index >= 15 is 0 Å². The predicted octanol–water partition coefficient (Wildman–Crippen LogP) is 2.22. The van der Waals surface area contributed by atoms with E-state index in [9.17, 15) is 4.79 Å². The highest BCUT2D eigenvalue weighted by atomic mass is 32.2. The number of ether oxygens (including phenoxy) is 1. The summed E-state index contributed by atoms with van der Waals surface area (Å²) in [5, 5.41) is 9.02. The first-order chi connectivity index (χ1) is 8.67. The molecule has 5 nitrogen and oxygen atoms in total. The molecule has 1 unspecified atom stereocenters. The Hall–Kier alpha value is -1.04. The first-order valence-corrected chi connectivity index (χ1v) is 7.31. The molecule has 1 saturated carbocycles. The molecule has 1 aromatic heterocycles. The molecule has 18 heavy (non-hydrogen) atoms. The second kappa shape index (κ2) is 5.73. The summed E-state index contributed by atoms with van der Waals surface area (Å²) in [6.07, 6.45) is 2.41. The average molecular weight is 269 g/mol. The summed E-state index contributed by atoms with van der Waals surface area (Å²) in [6, 6.07) is 0. The van der Waals surface area contributed by atoms with Gasteiger partial charge in [0.15, 0.2) is 5.16 Å². The summed E-state index contributed by atoms with van der Waals surface area (Å²) >= 11 is 1.42. The van der Waals surface area contributed by atoms with E-state index < -0.39 is 0 Å². The zero-order chi connectivity index (χ0) is 13.1. The summed E-state index contributed by atoms with van der Waals surface area (Å²) in [6.45, 7) is 6.99. The standard InChI is InChI=1S/C12H19N3O2S/c1-4-15-10(9-6-7-9)13-14-12(15)18-8(3)11(16)17-5-2/h8-9H,4-7H2,1-3H3. The van der Waals surface area contributed by atoms with Crippen molar-refractivity contribution in [3.8, 4) is 0 Å². The summed E-state index contributed by atoms with van der Waals surface area (Å²) in [7, 11) is 0. The van der Waals surface area contributed by atoms with E-state index in [1.807, 2.05) is 13.8 Å². The van der Waals surface area contributed by atoms with Crippen molar-refractivity contribution in [1.29, 1.82) is 0 Å². The summed E-state index contributed by atoms with van der Waals surface area (Å²) in [5.74, 6) is 1.45. The SMILES string of the molecule is CCOC(=O)C(C)Sc1nnc(C2CC2)n1CC. The predicted molar refractivity (Wildman–Crippen MR) is 69.6 cm³/mol. The lowest BCUT2D eigenvalue weighted by Gasteiger charge is -2.11. The van der Waals surface area contributed by atoms with E-state index in [0.717, 1.165) is 17.5 Å². The van der Waals surface area contributed by atoms with Gasteiger partial charge < -0.3 is 9.30 Å². The highest BCUT2D eigenvalue weighted by Crippen LogP contribution is 2.40. The molecule has 0 radical (unpaired) electrons. The minimum Gasteiger partial charge on any atom is -0.465 e. The number of hydrogen-bond acceptors (Lipinski definition) is 5. The van der Waals surface area contributed by atoms with Crippen LogP contribution in [0.1, 0.15) is 45.4 Å². The molecule has 1 atom stereocenters. The molecule has 1 aliphatic rings. The third kappa shape index (κ3) is 2.85. The van der Waals surface area contributed by atoms with Gasteiger partial charge in [0, 0.05) is 12.5 Å². The number of aromatic nitrogens is 3. The molecule has 0 bridgehead atoms. The number of esters is 1. The molecule has 0 amide bonds. The second-order valence-corrected chi connectivity index (χ2v) is 5.68. The van der Waals surface area contributed by atoms with Crippen LogP contribution < -0.4 is 0 Å². The van der Waals surface area contributed by atoms with Gasteiger partial charge in [-0.15, -0.1) is 10.2 Å². The van der Waals surface area contributed by atoms with E-state index in [-0.39, 0.29) is 11.2 Å². The molecule has 0 aliphatic heterocycles. The molecule has 0 aromatic carbocycles. The van der Waals surface area contributed by atoms with Crippen LogP contribution in [-0.4, -0.2) is 32.6 Å². The van der Waals surface area contributed by atoms with Gasteiger partial charge in [0.1, 0.15) is 11.1 Å². The third-order valence-electron chi connectivity index (χ3n) is 2.90. The van der Waals surface area contributed by atoms with Gasteiger partial charge in [0.2, 0.25) is 0 Å². The first-order valence-electron chi connectivity index (χ1n) is 6.43. The lowest BCUT2D eigenvalue weighted by Crippen LogP contribution is -2.17. The molecule has 1 heterocycles. The molecule has 0 saturated heterocycles. The Labute approximate surface area is 111 Å².